The first-order valence-corrected chi connectivity index (χ1v) is 5.29. The highest BCUT2D eigenvalue weighted by atomic mass is 16.5. The van der Waals surface area contributed by atoms with Crippen molar-refractivity contribution in [3.8, 4) is 5.75 Å². The molecule has 16 heavy (non-hydrogen) atoms. The summed E-state index contributed by atoms with van der Waals surface area (Å²) in [7, 11) is 0. The lowest BCUT2D eigenvalue weighted by atomic mass is 10.1. The van der Waals surface area contributed by atoms with E-state index in [-0.39, 0.29) is 5.60 Å². The first kappa shape index (κ1) is 10.7. The number of anilines is 1. The molecule has 0 atom stereocenters. The summed E-state index contributed by atoms with van der Waals surface area (Å²) in [6, 6.07) is 7.83. The van der Waals surface area contributed by atoms with Gasteiger partial charge in [-0.05, 0) is 32.9 Å². The number of nitrogens with two attached hydrogens (primary N) is 1. The van der Waals surface area contributed by atoms with Crippen molar-refractivity contribution in [1.29, 1.82) is 0 Å². The van der Waals surface area contributed by atoms with Crippen LogP contribution in [0.2, 0.25) is 0 Å². The first-order valence-electron chi connectivity index (χ1n) is 5.29. The molecule has 0 amide bonds. The molecule has 0 saturated carbocycles. The summed E-state index contributed by atoms with van der Waals surface area (Å²) < 4.78 is 5.88. The van der Waals surface area contributed by atoms with E-state index in [4.69, 9.17) is 10.5 Å². The third-order valence-electron chi connectivity index (χ3n) is 2.16. The van der Waals surface area contributed by atoms with Crippen molar-refractivity contribution in [3.05, 3.63) is 30.5 Å². The maximum atomic E-state index is 5.91. The number of nitrogen functional groups attached to an aromatic ring is 1. The second-order valence-electron chi connectivity index (χ2n) is 4.77. The summed E-state index contributed by atoms with van der Waals surface area (Å²) in [6.45, 7) is 6.00. The third-order valence-corrected chi connectivity index (χ3v) is 2.16. The van der Waals surface area contributed by atoms with Gasteiger partial charge in [-0.2, -0.15) is 0 Å². The van der Waals surface area contributed by atoms with Crippen LogP contribution in [0.25, 0.3) is 10.9 Å². The number of hydrogen-bond donors (Lipinski definition) is 1. The first-order chi connectivity index (χ1) is 7.47. The van der Waals surface area contributed by atoms with Crippen molar-refractivity contribution in [2.75, 3.05) is 5.73 Å². The van der Waals surface area contributed by atoms with Gasteiger partial charge in [0, 0.05) is 5.39 Å². The van der Waals surface area contributed by atoms with Crippen molar-refractivity contribution < 1.29 is 4.74 Å². The molecule has 0 radical (unpaired) electrons. The van der Waals surface area contributed by atoms with Gasteiger partial charge in [0.2, 0.25) is 0 Å². The summed E-state index contributed by atoms with van der Waals surface area (Å²) in [5, 5.41) is 0.956. The fourth-order valence-corrected chi connectivity index (χ4v) is 1.55. The van der Waals surface area contributed by atoms with Gasteiger partial charge in [-0.1, -0.05) is 12.1 Å². The minimum absolute atomic E-state index is 0.266. The second-order valence-corrected chi connectivity index (χ2v) is 4.77. The van der Waals surface area contributed by atoms with Crippen LogP contribution in [0.1, 0.15) is 20.8 Å². The van der Waals surface area contributed by atoms with Gasteiger partial charge in [-0.15, -0.1) is 0 Å². The van der Waals surface area contributed by atoms with Gasteiger partial charge in [0.05, 0.1) is 17.4 Å². The predicted molar refractivity (Wildman–Crippen MR) is 66.5 cm³/mol. The van der Waals surface area contributed by atoms with Crippen LogP contribution in [0.3, 0.4) is 0 Å². The Kier molecular flexibility index (Phi) is 2.46. The smallest absolute Gasteiger partial charge is 0.153 e. The lowest BCUT2D eigenvalue weighted by molar-refractivity contribution is 0.134. The van der Waals surface area contributed by atoms with E-state index in [9.17, 15) is 0 Å². The number of nitrogens with zero attached hydrogens (tertiary/aromatic N) is 1. The summed E-state index contributed by atoms with van der Waals surface area (Å²) in [4.78, 5) is 4.27. The van der Waals surface area contributed by atoms with Gasteiger partial charge < -0.3 is 10.5 Å². The Morgan fingerprint density at radius 1 is 1.19 bits per heavy atom. The van der Waals surface area contributed by atoms with E-state index < -0.39 is 0 Å². The van der Waals surface area contributed by atoms with Gasteiger partial charge in [0.25, 0.3) is 0 Å². The summed E-state index contributed by atoms with van der Waals surface area (Å²) in [6.07, 6.45) is 1.64. The van der Waals surface area contributed by atoms with Crippen LogP contribution in [-0.2, 0) is 0 Å². The normalized spacial score (nSPS) is 11.7. The standard InChI is InChI=1S/C13H16N2O/c1-13(2,3)16-12-9-6-4-5-7-11(9)15-8-10(12)14/h4-8H,14H2,1-3H3. The Bertz CT molecular complexity index is 515. The lowest BCUT2D eigenvalue weighted by Crippen LogP contribution is -2.23. The predicted octanol–water partition coefficient (Wildman–Crippen LogP) is 2.99. The molecule has 0 aliphatic carbocycles. The summed E-state index contributed by atoms with van der Waals surface area (Å²) in [5.41, 5.74) is 7.12. The zero-order chi connectivity index (χ0) is 11.8. The molecule has 0 saturated heterocycles. The van der Waals surface area contributed by atoms with Crippen molar-refractivity contribution in [2.45, 2.75) is 26.4 Å². The van der Waals surface area contributed by atoms with Crippen molar-refractivity contribution in [2.24, 2.45) is 0 Å². The molecular formula is C13H16N2O. The Balaban J connectivity index is 2.62. The van der Waals surface area contributed by atoms with E-state index in [1.807, 2.05) is 45.0 Å². The highest BCUT2D eigenvalue weighted by Gasteiger charge is 2.16. The summed E-state index contributed by atoms with van der Waals surface area (Å²) in [5.74, 6) is 0.720. The van der Waals surface area contributed by atoms with Crippen molar-refractivity contribution in [3.63, 3.8) is 0 Å². The van der Waals surface area contributed by atoms with Crippen LogP contribution in [-0.4, -0.2) is 10.6 Å². The molecule has 84 valence electrons. The minimum Gasteiger partial charge on any atom is -0.485 e. The molecule has 0 spiro atoms. The van der Waals surface area contributed by atoms with E-state index >= 15 is 0 Å². The topological polar surface area (TPSA) is 48.1 Å². The number of aromatic nitrogens is 1. The molecule has 1 heterocycles. The molecule has 2 N–H and O–H groups in total. The van der Waals surface area contributed by atoms with Crippen LogP contribution in [0.5, 0.6) is 5.75 Å². The van der Waals surface area contributed by atoms with Crippen LogP contribution in [0, 0.1) is 0 Å². The molecule has 0 bridgehead atoms. The number of pyridine rings is 1. The maximum absolute atomic E-state index is 5.91. The molecule has 2 aromatic rings. The Hall–Kier alpha value is -1.77. The van der Waals surface area contributed by atoms with Crippen LogP contribution < -0.4 is 10.5 Å². The van der Waals surface area contributed by atoms with Gasteiger partial charge in [-0.3, -0.25) is 4.98 Å². The molecule has 0 unspecified atom stereocenters. The molecular weight excluding hydrogens is 200 g/mol. The molecule has 3 heteroatoms. The molecule has 1 aromatic heterocycles. The number of fused-ring (bicyclic) bond motifs is 1. The number of hydrogen-bond acceptors (Lipinski definition) is 3. The third kappa shape index (κ3) is 2.08. The number of benzene rings is 1. The Morgan fingerprint density at radius 2 is 1.88 bits per heavy atom. The molecule has 0 aliphatic rings. The quantitative estimate of drug-likeness (QED) is 0.797. The average Bonchev–Trinajstić information content (AvgIpc) is 2.21. The largest absolute Gasteiger partial charge is 0.485 e. The molecule has 1 aromatic carbocycles. The Labute approximate surface area is 95.2 Å². The average molecular weight is 216 g/mol. The molecule has 2 rings (SSSR count). The Morgan fingerprint density at radius 3 is 2.56 bits per heavy atom. The van der Waals surface area contributed by atoms with E-state index in [2.05, 4.69) is 4.98 Å². The lowest BCUT2D eigenvalue weighted by Gasteiger charge is -2.23. The fraction of sp³-hybridized carbons (Fsp3) is 0.308. The molecule has 0 aliphatic heterocycles. The molecule has 0 fully saturated rings. The number of ether oxygens (including phenoxy) is 1. The zero-order valence-corrected chi connectivity index (χ0v) is 9.82. The molecule has 3 nitrogen and oxygen atoms in total. The maximum Gasteiger partial charge on any atom is 0.153 e. The van der Waals surface area contributed by atoms with E-state index in [1.54, 1.807) is 6.20 Å². The van der Waals surface area contributed by atoms with E-state index in [0.717, 1.165) is 16.7 Å². The van der Waals surface area contributed by atoms with Crippen molar-refractivity contribution >= 4 is 16.6 Å². The minimum atomic E-state index is -0.266. The van der Waals surface area contributed by atoms with Crippen molar-refractivity contribution in [1.82, 2.24) is 4.98 Å². The van der Waals surface area contributed by atoms with Gasteiger partial charge >= 0.3 is 0 Å². The highest BCUT2D eigenvalue weighted by molar-refractivity contribution is 5.89. The fourth-order valence-electron chi connectivity index (χ4n) is 1.55. The summed E-state index contributed by atoms with van der Waals surface area (Å²) >= 11 is 0. The van der Waals surface area contributed by atoms with Gasteiger partial charge in [0.15, 0.2) is 5.75 Å². The van der Waals surface area contributed by atoms with Gasteiger partial charge in [-0.25, -0.2) is 0 Å². The number of para-hydroxylation sites is 1. The monoisotopic (exact) mass is 216 g/mol. The number of rotatable bonds is 1. The second kappa shape index (κ2) is 3.67. The van der Waals surface area contributed by atoms with Crippen LogP contribution in [0.4, 0.5) is 5.69 Å². The van der Waals surface area contributed by atoms with Gasteiger partial charge in [0.1, 0.15) is 5.60 Å². The van der Waals surface area contributed by atoms with E-state index in [0.29, 0.717) is 5.69 Å². The zero-order valence-electron chi connectivity index (χ0n) is 9.82. The highest BCUT2D eigenvalue weighted by Crippen LogP contribution is 2.32. The van der Waals surface area contributed by atoms with E-state index in [1.165, 1.54) is 0 Å². The van der Waals surface area contributed by atoms with Crippen LogP contribution in [0.15, 0.2) is 30.5 Å². The van der Waals surface area contributed by atoms with Crippen LogP contribution >= 0.6 is 0 Å². The SMILES string of the molecule is CC(C)(C)Oc1c(N)cnc2ccccc12.